The van der Waals surface area contributed by atoms with Crippen molar-refractivity contribution >= 4 is 37.8 Å². The number of allylic oxidation sites excluding steroid dienone is 1. The molecule has 11 heavy (non-hydrogen) atoms. The minimum atomic E-state index is -0.848. The summed E-state index contributed by atoms with van der Waals surface area (Å²) in [6, 6.07) is 0. The first-order chi connectivity index (χ1) is 5.07. The molecule has 0 aromatic heterocycles. The van der Waals surface area contributed by atoms with Crippen LogP contribution in [0.25, 0.3) is 0 Å². The van der Waals surface area contributed by atoms with Gasteiger partial charge in [-0.15, -0.1) is 0 Å². The maximum absolute atomic E-state index is 10.3. The highest BCUT2D eigenvalue weighted by atomic mass is 79.9. The van der Waals surface area contributed by atoms with Crippen molar-refractivity contribution in [3.8, 4) is 0 Å². The van der Waals surface area contributed by atoms with Crippen LogP contribution >= 0.6 is 31.9 Å². The second-order valence-electron chi connectivity index (χ2n) is 2.18. The Hall–Kier alpha value is 0.170. The Morgan fingerprint density at radius 2 is 2.27 bits per heavy atom. The second kappa shape index (κ2) is 5.77. The zero-order chi connectivity index (χ0) is 8.85. The SMILES string of the molecule is C/C(=C\CC(Br)CBr)C(=O)O. The Morgan fingerprint density at radius 3 is 2.64 bits per heavy atom. The van der Waals surface area contributed by atoms with Gasteiger partial charge in [0.15, 0.2) is 0 Å². The average Bonchev–Trinajstić information content (AvgIpc) is 1.99. The Labute approximate surface area is 82.9 Å². The van der Waals surface area contributed by atoms with Crippen LogP contribution in [0, 0.1) is 0 Å². The summed E-state index contributed by atoms with van der Waals surface area (Å²) in [5.41, 5.74) is 0.399. The number of hydrogen-bond donors (Lipinski definition) is 1. The van der Waals surface area contributed by atoms with Crippen LogP contribution in [0.1, 0.15) is 13.3 Å². The van der Waals surface area contributed by atoms with E-state index in [0.29, 0.717) is 10.4 Å². The van der Waals surface area contributed by atoms with Gasteiger partial charge in [-0.05, 0) is 13.3 Å². The Morgan fingerprint density at radius 1 is 1.73 bits per heavy atom. The van der Waals surface area contributed by atoms with Crippen LogP contribution in [0.15, 0.2) is 11.6 Å². The van der Waals surface area contributed by atoms with Crippen molar-refractivity contribution in [2.75, 3.05) is 5.33 Å². The standard InChI is InChI=1S/C7H10Br2O2/c1-5(7(10)11)2-3-6(9)4-8/h2,6H,3-4H2,1H3,(H,10,11)/b5-2+. The zero-order valence-electron chi connectivity index (χ0n) is 6.18. The highest BCUT2D eigenvalue weighted by Crippen LogP contribution is 2.10. The van der Waals surface area contributed by atoms with Crippen molar-refractivity contribution in [1.82, 2.24) is 0 Å². The molecule has 0 aliphatic rings. The quantitative estimate of drug-likeness (QED) is 0.637. The van der Waals surface area contributed by atoms with E-state index < -0.39 is 5.97 Å². The lowest BCUT2D eigenvalue weighted by Gasteiger charge is -2.00. The van der Waals surface area contributed by atoms with Crippen LogP contribution in [0.3, 0.4) is 0 Å². The normalized spacial score (nSPS) is 14.6. The topological polar surface area (TPSA) is 37.3 Å². The molecule has 1 N–H and O–H groups in total. The molecule has 0 heterocycles. The number of rotatable bonds is 4. The molecule has 0 aromatic rings. The average molecular weight is 286 g/mol. The van der Waals surface area contributed by atoms with Gasteiger partial charge in [0.1, 0.15) is 0 Å². The van der Waals surface area contributed by atoms with E-state index in [-0.39, 0.29) is 0 Å². The summed E-state index contributed by atoms with van der Waals surface area (Å²) in [5, 5.41) is 9.30. The number of alkyl halides is 2. The summed E-state index contributed by atoms with van der Waals surface area (Å²) >= 11 is 6.65. The van der Waals surface area contributed by atoms with Crippen LogP contribution in [-0.4, -0.2) is 21.2 Å². The largest absolute Gasteiger partial charge is 0.478 e. The lowest BCUT2D eigenvalue weighted by Crippen LogP contribution is -2.00. The van der Waals surface area contributed by atoms with E-state index in [0.717, 1.165) is 11.8 Å². The molecule has 1 unspecified atom stereocenters. The van der Waals surface area contributed by atoms with Gasteiger partial charge in [-0.2, -0.15) is 0 Å². The van der Waals surface area contributed by atoms with Crippen LogP contribution in [0.2, 0.25) is 0 Å². The molecular formula is C7H10Br2O2. The van der Waals surface area contributed by atoms with Crippen molar-refractivity contribution in [2.45, 2.75) is 18.2 Å². The lowest BCUT2D eigenvalue weighted by molar-refractivity contribution is -0.132. The summed E-state index contributed by atoms with van der Waals surface area (Å²) in [6.07, 6.45) is 2.45. The monoisotopic (exact) mass is 284 g/mol. The van der Waals surface area contributed by atoms with E-state index in [9.17, 15) is 4.79 Å². The predicted octanol–water partition coefficient (Wildman–Crippen LogP) is 2.57. The molecule has 0 radical (unpaired) electrons. The van der Waals surface area contributed by atoms with Gasteiger partial charge in [-0.1, -0.05) is 37.9 Å². The molecule has 0 saturated heterocycles. The minimum absolute atomic E-state index is 0.316. The summed E-state index contributed by atoms with van der Waals surface area (Å²) in [4.78, 5) is 10.6. The molecule has 0 spiro atoms. The van der Waals surface area contributed by atoms with E-state index >= 15 is 0 Å². The van der Waals surface area contributed by atoms with Gasteiger partial charge in [0.05, 0.1) is 0 Å². The first-order valence-electron chi connectivity index (χ1n) is 3.18. The van der Waals surface area contributed by atoms with Crippen molar-refractivity contribution in [3.05, 3.63) is 11.6 Å². The first-order valence-corrected chi connectivity index (χ1v) is 5.21. The maximum Gasteiger partial charge on any atom is 0.330 e. The second-order valence-corrected chi connectivity index (χ2v) is 4.12. The van der Waals surface area contributed by atoms with Gasteiger partial charge in [0, 0.05) is 15.7 Å². The fourth-order valence-corrected chi connectivity index (χ4v) is 0.906. The third kappa shape index (κ3) is 5.44. The third-order valence-corrected chi connectivity index (χ3v) is 3.53. The lowest BCUT2D eigenvalue weighted by atomic mass is 10.2. The van der Waals surface area contributed by atoms with Gasteiger partial charge in [0.2, 0.25) is 0 Å². The molecule has 0 aliphatic carbocycles. The molecule has 0 aliphatic heterocycles. The maximum atomic E-state index is 10.3. The number of hydrogen-bond acceptors (Lipinski definition) is 1. The van der Waals surface area contributed by atoms with Gasteiger partial charge >= 0.3 is 5.97 Å². The molecule has 4 heteroatoms. The highest BCUT2D eigenvalue weighted by Gasteiger charge is 2.02. The smallest absolute Gasteiger partial charge is 0.330 e. The van der Waals surface area contributed by atoms with Crippen molar-refractivity contribution in [3.63, 3.8) is 0 Å². The molecule has 0 rings (SSSR count). The van der Waals surface area contributed by atoms with E-state index in [1.807, 2.05) is 0 Å². The number of aliphatic carboxylic acids is 1. The van der Waals surface area contributed by atoms with Gasteiger partial charge in [-0.25, -0.2) is 4.79 Å². The van der Waals surface area contributed by atoms with E-state index in [2.05, 4.69) is 31.9 Å². The molecule has 0 fully saturated rings. The number of carbonyl (C=O) groups is 1. The van der Waals surface area contributed by atoms with Gasteiger partial charge < -0.3 is 5.11 Å². The van der Waals surface area contributed by atoms with Crippen LogP contribution in [0.5, 0.6) is 0 Å². The van der Waals surface area contributed by atoms with Crippen LogP contribution in [0.4, 0.5) is 0 Å². The number of carboxylic acid groups (broad SMARTS) is 1. The summed E-state index contributed by atoms with van der Waals surface area (Å²) in [5.74, 6) is -0.848. The van der Waals surface area contributed by atoms with Gasteiger partial charge in [0.25, 0.3) is 0 Å². The van der Waals surface area contributed by atoms with E-state index in [4.69, 9.17) is 5.11 Å². The van der Waals surface area contributed by atoms with Gasteiger partial charge in [-0.3, -0.25) is 0 Å². The van der Waals surface area contributed by atoms with Crippen LogP contribution in [-0.2, 0) is 4.79 Å². The molecule has 1 atom stereocenters. The van der Waals surface area contributed by atoms with E-state index in [1.165, 1.54) is 0 Å². The van der Waals surface area contributed by atoms with Crippen molar-refractivity contribution in [2.24, 2.45) is 0 Å². The highest BCUT2D eigenvalue weighted by molar-refractivity contribution is 9.12. The molecule has 0 saturated carbocycles. The third-order valence-electron chi connectivity index (χ3n) is 1.18. The molecule has 0 aromatic carbocycles. The minimum Gasteiger partial charge on any atom is -0.478 e. The van der Waals surface area contributed by atoms with Crippen molar-refractivity contribution in [1.29, 1.82) is 0 Å². The molecule has 64 valence electrons. The first kappa shape index (κ1) is 11.2. The zero-order valence-corrected chi connectivity index (χ0v) is 9.35. The Bertz CT molecular complexity index is 166. The summed E-state index contributed by atoms with van der Waals surface area (Å²) in [6.45, 7) is 1.59. The summed E-state index contributed by atoms with van der Waals surface area (Å²) < 4.78 is 0. The fraction of sp³-hybridized carbons (Fsp3) is 0.571. The molecular weight excluding hydrogens is 276 g/mol. The molecule has 0 amide bonds. The predicted molar refractivity (Wildman–Crippen MR) is 52.5 cm³/mol. The number of carboxylic acids is 1. The van der Waals surface area contributed by atoms with Crippen molar-refractivity contribution < 1.29 is 9.90 Å². The summed E-state index contributed by atoms with van der Waals surface area (Å²) in [7, 11) is 0. The molecule has 0 bridgehead atoms. The Kier molecular flexibility index (Phi) is 5.86. The Balaban J connectivity index is 3.82. The molecule has 2 nitrogen and oxygen atoms in total. The van der Waals surface area contributed by atoms with Crippen LogP contribution < -0.4 is 0 Å². The number of halogens is 2. The fourth-order valence-electron chi connectivity index (χ4n) is 0.455. The van der Waals surface area contributed by atoms with E-state index in [1.54, 1.807) is 13.0 Å².